The molecule has 18 nitrogen and oxygen atoms in total. The summed E-state index contributed by atoms with van der Waals surface area (Å²) in [4.78, 5) is 40.6. The number of fused-ring (bicyclic) bond motifs is 21. The molecule has 0 fully saturated rings. The first-order chi connectivity index (χ1) is 40.8. The zero-order valence-corrected chi connectivity index (χ0v) is 54.3. The fourth-order valence-electron chi connectivity index (χ4n) is 11.0. The first-order valence-corrected chi connectivity index (χ1v) is 28.8. The SMILES string of the molecule is O=S(=O)([O-])c1ccc(Oc2ccc3c(c2)-c2nc-3nc3[n-]c4nc5nc(nc6[n-]c(n2)c2cc(Oc7ccc(S(=O)(=O)[O-])cc7)ccc62)c2cccc(oc6ccc7ccccc7c6c6c(ccc7ccccc76)oc6cccc3c46)c2-5)cc1.[Na+].[Na+].[Zn+2]. The van der Waals surface area contributed by atoms with Crippen LogP contribution < -0.4 is 78.6 Å². The molecule has 0 saturated heterocycles. The number of benzene rings is 10. The molecular formula is C64H32N8Na2O10S2Zn. The molecule has 0 spiro atoms. The fourth-order valence-corrected chi connectivity index (χ4v) is 11.9. The second kappa shape index (κ2) is 22.1. The van der Waals surface area contributed by atoms with Crippen LogP contribution in [0.4, 0.5) is 0 Å². The molecule has 13 aromatic rings. The van der Waals surface area contributed by atoms with Gasteiger partial charge in [0.2, 0.25) is 0 Å². The number of ether oxygens (including phenoxy) is 2. The summed E-state index contributed by atoms with van der Waals surface area (Å²) in [5.74, 6) is 1.75. The first-order valence-electron chi connectivity index (χ1n) is 26.0. The topological polar surface area (TPSA) is 265 Å². The first kappa shape index (κ1) is 57.8. The van der Waals surface area contributed by atoms with Crippen LogP contribution in [-0.4, -0.2) is 55.8 Å². The third kappa shape index (κ3) is 10.1. The van der Waals surface area contributed by atoms with Crippen LogP contribution in [0.5, 0.6) is 23.0 Å². The summed E-state index contributed by atoms with van der Waals surface area (Å²) in [7, 11) is -9.42. The maximum absolute atomic E-state index is 11.8. The van der Waals surface area contributed by atoms with Crippen molar-refractivity contribution in [2.45, 2.75) is 9.79 Å². The van der Waals surface area contributed by atoms with Crippen molar-refractivity contribution < 1.29 is 123 Å². The van der Waals surface area contributed by atoms with E-state index in [-0.39, 0.29) is 136 Å². The van der Waals surface area contributed by atoms with Gasteiger partial charge in [-0.15, -0.1) is 0 Å². The van der Waals surface area contributed by atoms with Crippen LogP contribution in [0, 0.1) is 0 Å². The minimum atomic E-state index is -4.71. The number of nitrogens with zero attached hydrogens (tertiary/aromatic N) is 8. The Kier molecular flexibility index (Phi) is 14.7. The van der Waals surface area contributed by atoms with Crippen molar-refractivity contribution in [1.29, 1.82) is 0 Å². The molecule has 0 unspecified atom stereocenters. The molecule has 8 bridgehead atoms. The number of rotatable bonds is 6. The average Bonchev–Trinajstić information content (AvgIpc) is 1.80. The van der Waals surface area contributed by atoms with Crippen molar-refractivity contribution in [1.82, 2.24) is 39.9 Å². The number of hydrogen-bond acceptors (Lipinski definition) is 16. The van der Waals surface area contributed by atoms with Crippen molar-refractivity contribution in [3.8, 4) is 57.2 Å². The van der Waals surface area contributed by atoms with E-state index < -0.39 is 30.0 Å². The van der Waals surface area contributed by atoms with Crippen molar-refractivity contribution in [2.24, 2.45) is 0 Å². The zero-order chi connectivity index (χ0) is 56.6. The second-order valence-electron chi connectivity index (χ2n) is 19.8. The minimum Gasteiger partial charge on any atom is -0.744 e. The van der Waals surface area contributed by atoms with Gasteiger partial charge in [-0.2, -0.15) is 0 Å². The molecule has 404 valence electrons. The number of hydrogen-bond donors (Lipinski definition) is 0. The molecule has 16 rings (SSSR count). The summed E-state index contributed by atoms with van der Waals surface area (Å²) in [5.41, 5.74) is 4.65. The third-order valence-electron chi connectivity index (χ3n) is 14.8. The van der Waals surface area contributed by atoms with Crippen LogP contribution in [0.15, 0.2) is 213 Å². The monoisotopic (exact) mass is 1250 g/mol. The Hall–Kier alpha value is -8.28. The fraction of sp³-hybridized carbons (Fsp3) is 0. The van der Waals surface area contributed by atoms with Gasteiger partial charge in [0, 0.05) is 55.3 Å². The maximum Gasteiger partial charge on any atom is 2.00 e. The summed E-state index contributed by atoms with van der Waals surface area (Å²) in [6, 6.07) is 56.1. The van der Waals surface area contributed by atoms with E-state index >= 15 is 0 Å². The quantitative estimate of drug-likeness (QED) is 0.114. The van der Waals surface area contributed by atoms with Crippen LogP contribution >= 0.6 is 0 Å². The molecule has 10 aromatic carbocycles. The van der Waals surface area contributed by atoms with Gasteiger partial charge in [0.05, 0.1) is 38.5 Å². The molecule has 0 atom stereocenters. The average molecular weight is 1250 g/mol. The summed E-state index contributed by atoms with van der Waals surface area (Å²) in [6.45, 7) is 0. The van der Waals surface area contributed by atoms with Crippen LogP contribution in [0.2, 0.25) is 0 Å². The Labute approximate surface area is 548 Å². The summed E-state index contributed by atoms with van der Waals surface area (Å²) in [6.07, 6.45) is 0. The molecule has 0 saturated carbocycles. The molecular weight excluding hydrogens is 1220 g/mol. The molecule has 0 N–H and O–H groups in total. The van der Waals surface area contributed by atoms with Crippen molar-refractivity contribution >= 4 is 130 Å². The Bertz CT molecular complexity index is 5790. The van der Waals surface area contributed by atoms with E-state index in [9.17, 15) is 25.9 Å². The van der Waals surface area contributed by atoms with E-state index in [1.54, 1.807) is 36.4 Å². The van der Waals surface area contributed by atoms with Gasteiger partial charge in [0.15, 0.2) is 0 Å². The van der Waals surface area contributed by atoms with Crippen molar-refractivity contribution in [3.63, 3.8) is 0 Å². The van der Waals surface area contributed by atoms with Gasteiger partial charge in [-0.25, -0.2) is 26.8 Å². The van der Waals surface area contributed by atoms with Gasteiger partial charge in [-0.05, 0) is 147 Å². The van der Waals surface area contributed by atoms with Crippen LogP contribution in [-0.2, 0) is 39.7 Å². The summed E-state index contributed by atoms with van der Waals surface area (Å²) < 4.78 is 97.4. The van der Waals surface area contributed by atoms with E-state index in [2.05, 4.69) is 24.3 Å². The Balaban J connectivity index is 0.00000233. The molecule has 6 heterocycles. The van der Waals surface area contributed by atoms with Gasteiger partial charge < -0.3 is 57.3 Å². The minimum absolute atomic E-state index is 0. The van der Waals surface area contributed by atoms with Crippen LogP contribution in [0.1, 0.15) is 0 Å². The van der Waals surface area contributed by atoms with Gasteiger partial charge in [0.1, 0.15) is 65.6 Å². The molecule has 0 amide bonds. The van der Waals surface area contributed by atoms with Crippen molar-refractivity contribution in [2.75, 3.05) is 0 Å². The predicted molar refractivity (Wildman–Crippen MR) is 314 cm³/mol. The van der Waals surface area contributed by atoms with E-state index in [4.69, 9.17) is 58.2 Å². The Morgan fingerprint density at radius 3 is 1.48 bits per heavy atom. The van der Waals surface area contributed by atoms with Gasteiger partial charge in [-0.3, -0.25) is 0 Å². The Morgan fingerprint density at radius 1 is 0.368 bits per heavy atom. The third-order valence-corrected chi connectivity index (χ3v) is 16.5. The van der Waals surface area contributed by atoms with Crippen LogP contribution in [0.25, 0.3) is 144 Å². The van der Waals surface area contributed by atoms with Gasteiger partial charge in [-0.1, -0.05) is 84.9 Å². The van der Waals surface area contributed by atoms with Crippen molar-refractivity contribution in [3.05, 3.63) is 194 Å². The standard InChI is InChI=1S/C64H34N8O10S2.2Na.Zn/c73-83(74,75)39-23-17-35(18-24-39)79-37-21-27-43-47(31-37)61-67-57(43)65-59-45-11-5-13-49-55(45)63(70-59)72-64-56-46(60(71-64)66-58-44-28-22-38(32-48(44)62(68-58)69-61)80-36-19-25-40(26-20-36)84(76,77)78)12-6-14-50(56)82-52-30-16-34-8-2-4-10-42(34)54(52)53-41-9-3-1-7-33(41)15-29-51(53)81-49;;;/h1-32H,(H2-2,65,66,67,68,69,70,71,72,73,74,75,76,77,78);;;/q-2;2*+1;+2/p-2. The predicted octanol–water partition coefficient (Wildman–Crippen LogP) is 7.65. The molecule has 0 aliphatic carbocycles. The van der Waals surface area contributed by atoms with E-state index in [1.807, 2.05) is 84.9 Å². The zero-order valence-electron chi connectivity index (χ0n) is 45.7. The molecule has 87 heavy (non-hydrogen) atoms. The van der Waals surface area contributed by atoms with Gasteiger partial charge in [0.25, 0.3) is 0 Å². The molecule has 23 heteroatoms. The Morgan fingerprint density at radius 2 is 0.851 bits per heavy atom. The number of aromatic nitrogens is 8. The largest absolute Gasteiger partial charge is 2.00 e. The smallest absolute Gasteiger partial charge is 0.744 e. The molecule has 3 aliphatic heterocycles. The van der Waals surface area contributed by atoms with Gasteiger partial charge >= 0.3 is 78.6 Å². The maximum atomic E-state index is 11.8. The molecule has 3 aliphatic rings. The molecule has 3 aromatic heterocycles. The van der Waals surface area contributed by atoms with E-state index in [1.165, 1.54) is 48.5 Å². The van der Waals surface area contributed by atoms with E-state index in [0.717, 1.165) is 32.3 Å². The second-order valence-corrected chi connectivity index (χ2v) is 22.6. The van der Waals surface area contributed by atoms with Crippen LogP contribution in [0.3, 0.4) is 0 Å². The normalized spacial score (nSPS) is 11.9. The summed E-state index contributed by atoms with van der Waals surface area (Å²) >= 11 is 0. The van der Waals surface area contributed by atoms with E-state index in [0.29, 0.717) is 77.5 Å². The molecule has 0 radical (unpaired) electrons. The summed E-state index contributed by atoms with van der Waals surface area (Å²) in [5, 5.41) is 8.13.